The highest BCUT2D eigenvalue weighted by Crippen LogP contribution is 2.32. The monoisotopic (exact) mass is 245 g/mol. The zero-order valence-electron chi connectivity index (χ0n) is 7.29. The maximum absolute atomic E-state index is 9.66. The molecule has 1 atom stereocenters. The van der Waals surface area contributed by atoms with E-state index in [-0.39, 0.29) is 12.4 Å². The Balaban J connectivity index is 3.25. The molecule has 0 aromatic heterocycles. The van der Waals surface area contributed by atoms with Crippen LogP contribution in [-0.4, -0.2) is 16.8 Å². The number of nitrogens with two attached hydrogens (primary N) is 1. The van der Waals surface area contributed by atoms with E-state index < -0.39 is 6.04 Å². The van der Waals surface area contributed by atoms with Gasteiger partial charge in [0.2, 0.25) is 0 Å². The van der Waals surface area contributed by atoms with Crippen LogP contribution in [0.3, 0.4) is 0 Å². The van der Waals surface area contributed by atoms with E-state index in [0.29, 0.717) is 5.56 Å². The Bertz CT molecular complexity index is 315. The van der Waals surface area contributed by atoms with Crippen LogP contribution >= 0.6 is 15.9 Å². The van der Waals surface area contributed by atoms with Crippen LogP contribution in [0.15, 0.2) is 16.6 Å². The molecule has 0 fully saturated rings. The molecule has 0 spiro atoms. The lowest BCUT2D eigenvalue weighted by molar-refractivity contribution is 0.265. The van der Waals surface area contributed by atoms with Gasteiger partial charge >= 0.3 is 0 Å². The fourth-order valence-electron chi connectivity index (χ4n) is 1.14. The highest BCUT2D eigenvalue weighted by Gasteiger charge is 2.15. The van der Waals surface area contributed by atoms with Gasteiger partial charge in [0.25, 0.3) is 0 Å². The fraction of sp³-hybridized carbons (Fsp3) is 0.333. The Kier molecular flexibility index (Phi) is 3.30. The number of aromatic hydroxyl groups is 1. The fourth-order valence-corrected chi connectivity index (χ4v) is 1.75. The third-order valence-corrected chi connectivity index (χ3v) is 2.62. The minimum Gasteiger partial charge on any atom is -0.507 e. The van der Waals surface area contributed by atoms with Crippen LogP contribution in [0.2, 0.25) is 0 Å². The van der Waals surface area contributed by atoms with Crippen molar-refractivity contribution in [3.63, 3.8) is 0 Å². The number of aliphatic hydroxyl groups is 1. The van der Waals surface area contributed by atoms with E-state index >= 15 is 0 Å². The van der Waals surface area contributed by atoms with Crippen LogP contribution in [0.4, 0.5) is 0 Å². The molecular formula is C9H12BrNO2. The number of benzene rings is 1. The van der Waals surface area contributed by atoms with Crippen LogP contribution in [0.5, 0.6) is 5.75 Å². The average Bonchev–Trinajstić information content (AvgIpc) is 2.12. The third-order valence-electron chi connectivity index (χ3n) is 1.93. The highest BCUT2D eigenvalue weighted by molar-refractivity contribution is 9.10. The van der Waals surface area contributed by atoms with E-state index in [2.05, 4.69) is 15.9 Å². The summed E-state index contributed by atoms with van der Waals surface area (Å²) in [5, 5.41) is 18.5. The predicted molar refractivity (Wildman–Crippen MR) is 54.6 cm³/mol. The second-order valence-corrected chi connectivity index (χ2v) is 3.77. The van der Waals surface area contributed by atoms with Crippen molar-refractivity contribution in [1.82, 2.24) is 0 Å². The van der Waals surface area contributed by atoms with Gasteiger partial charge in [-0.05, 0) is 18.6 Å². The van der Waals surface area contributed by atoms with Crippen LogP contribution in [0.25, 0.3) is 0 Å². The maximum Gasteiger partial charge on any atom is 0.124 e. The molecule has 1 aromatic carbocycles. The van der Waals surface area contributed by atoms with Crippen molar-refractivity contribution < 1.29 is 10.2 Å². The van der Waals surface area contributed by atoms with Crippen LogP contribution in [0.1, 0.15) is 17.2 Å². The molecule has 0 saturated carbocycles. The van der Waals surface area contributed by atoms with E-state index in [0.717, 1.165) is 10.0 Å². The predicted octanol–water partition coefficient (Wildman–Crippen LogP) is 1.46. The number of phenolic OH excluding ortho intramolecular Hbond substituents is 1. The quantitative estimate of drug-likeness (QED) is 0.739. The van der Waals surface area contributed by atoms with Crippen molar-refractivity contribution in [2.24, 2.45) is 5.73 Å². The topological polar surface area (TPSA) is 66.5 Å². The van der Waals surface area contributed by atoms with Gasteiger partial charge in [0.1, 0.15) is 5.75 Å². The van der Waals surface area contributed by atoms with E-state index in [4.69, 9.17) is 10.8 Å². The van der Waals surface area contributed by atoms with Gasteiger partial charge in [-0.3, -0.25) is 0 Å². The van der Waals surface area contributed by atoms with Crippen molar-refractivity contribution >= 4 is 15.9 Å². The van der Waals surface area contributed by atoms with Crippen molar-refractivity contribution in [3.8, 4) is 5.75 Å². The largest absolute Gasteiger partial charge is 0.507 e. The molecule has 3 nitrogen and oxygen atoms in total. The van der Waals surface area contributed by atoms with E-state index in [1.807, 2.05) is 0 Å². The number of hydrogen-bond acceptors (Lipinski definition) is 3. The average molecular weight is 246 g/mol. The van der Waals surface area contributed by atoms with Gasteiger partial charge in [-0.15, -0.1) is 0 Å². The van der Waals surface area contributed by atoms with Gasteiger partial charge < -0.3 is 15.9 Å². The number of aliphatic hydroxyl groups excluding tert-OH is 1. The highest BCUT2D eigenvalue weighted by atomic mass is 79.9. The lowest BCUT2D eigenvalue weighted by Crippen LogP contribution is -2.15. The summed E-state index contributed by atoms with van der Waals surface area (Å²) in [4.78, 5) is 0. The molecule has 1 rings (SSSR count). The minimum atomic E-state index is -0.547. The van der Waals surface area contributed by atoms with Gasteiger partial charge in [-0.2, -0.15) is 0 Å². The number of phenols is 1. The van der Waals surface area contributed by atoms with Crippen LogP contribution in [0, 0.1) is 6.92 Å². The van der Waals surface area contributed by atoms with Crippen LogP contribution < -0.4 is 5.73 Å². The second kappa shape index (κ2) is 4.09. The summed E-state index contributed by atoms with van der Waals surface area (Å²) in [5.41, 5.74) is 6.93. The maximum atomic E-state index is 9.66. The smallest absolute Gasteiger partial charge is 0.124 e. The standard InChI is InChI=1S/C9H12BrNO2/c1-5-2-3-6(10)8(9(5)13)7(11)4-12/h2-3,7,12-13H,4,11H2,1H3/t7-/m0/s1. The lowest BCUT2D eigenvalue weighted by Gasteiger charge is -2.14. The summed E-state index contributed by atoms with van der Waals surface area (Å²) in [5.74, 6) is 0.149. The molecule has 0 aliphatic heterocycles. The lowest BCUT2D eigenvalue weighted by atomic mass is 10.0. The SMILES string of the molecule is Cc1ccc(Br)c([C@@H](N)CO)c1O. The Morgan fingerprint density at radius 1 is 1.54 bits per heavy atom. The normalized spacial score (nSPS) is 12.9. The Labute approximate surface area is 85.3 Å². The molecule has 0 amide bonds. The molecule has 1 aromatic rings. The summed E-state index contributed by atoms with van der Waals surface area (Å²) in [6.07, 6.45) is 0. The minimum absolute atomic E-state index is 0.149. The second-order valence-electron chi connectivity index (χ2n) is 2.92. The number of halogens is 1. The first kappa shape index (κ1) is 10.5. The van der Waals surface area contributed by atoms with Crippen molar-refractivity contribution in [1.29, 1.82) is 0 Å². The number of aryl methyl sites for hydroxylation is 1. The molecule has 0 radical (unpaired) electrons. The third kappa shape index (κ3) is 2.02. The molecule has 72 valence electrons. The Morgan fingerprint density at radius 3 is 2.69 bits per heavy atom. The Morgan fingerprint density at radius 2 is 2.15 bits per heavy atom. The first-order valence-corrected chi connectivity index (χ1v) is 4.71. The van der Waals surface area contributed by atoms with E-state index in [9.17, 15) is 5.11 Å². The molecule has 4 heteroatoms. The molecule has 13 heavy (non-hydrogen) atoms. The van der Waals surface area contributed by atoms with Gasteiger partial charge in [0.05, 0.1) is 12.6 Å². The van der Waals surface area contributed by atoms with Crippen molar-refractivity contribution in [2.45, 2.75) is 13.0 Å². The van der Waals surface area contributed by atoms with Crippen molar-refractivity contribution in [3.05, 3.63) is 27.7 Å². The molecule has 0 aliphatic carbocycles. The first-order valence-electron chi connectivity index (χ1n) is 3.92. The molecule has 0 heterocycles. The summed E-state index contributed by atoms with van der Waals surface area (Å²) >= 11 is 3.27. The van der Waals surface area contributed by atoms with E-state index in [1.165, 1.54) is 0 Å². The van der Waals surface area contributed by atoms with Gasteiger partial charge in [0.15, 0.2) is 0 Å². The van der Waals surface area contributed by atoms with Gasteiger partial charge in [-0.1, -0.05) is 22.0 Å². The molecule has 4 N–H and O–H groups in total. The van der Waals surface area contributed by atoms with Crippen LogP contribution in [-0.2, 0) is 0 Å². The number of hydrogen-bond donors (Lipinski definition) is 3. The zero-order chi connectivity index (χ0) is 10.0. The molecule has 0 saturated heterocycles. The summed E-state index contributed by atoms with van der Waals surface area (Å²) < 4.78 is 0.720. The van der Waals surface area contributed by atoms with Crippen molar-refractivity contribution in [2.75, 3.05) is 6.61 Å². The molecular weight excluding hydrogens is 234 g/mol. The van der Waals surface area contributed by atoms with Gasteiger partial charge in [-0.25, -0.2) is 0 Å². The Hall–Kier alpha value is -0.580. The molecule has 0 aliphatic rings. The zero-order valence-corrected chi connectivity index (χ0v) is 8.87. The summed E-state index contributed by atoms with van der Waals surface area (Å²) in [7, 11) is 0. The molecule has 0 bridgehead atoms. The summed E-state index contributed by atoms with van der Waals surface area (Å²) in [6, 6.07) is 3.04. The first-order chi connectivity index (χ1) is 6.07. The van der Waals surface area contributed by atoms with Gasteiger partial charge in [0, 0.05) is 10.0 Å². The summed E-state index contributed by atoms with van der Waals surface area (Å²) in [6.45, 7) is 1.60. The van der Waals surface area contributed by atoms with E-state index in [1.54, 1.807) is 19.1 Å². The number of rotatable bonds is 2. The molecule has 0 unspecified atom stereocenters.